The third-order valence-electron chi connectivity index (χ3n) is 6.35. The number of likely N-dealkylation sites (tertiary alicyclic amines) is 1. The van der Waals surface area contributed by atoms with Crippen LogP contribution in [0.2, 0.25) is 0 Å². The molecule has 0 saturated carbocycles. The van der Waals surface area contributed by atoms with E-state index in [2.05, 4.69) is 13.8 Å². The summed E-state index contributed by atoms with van der Waals surface area (Å²) in [5.41, 5.74) is 0.517. The van der Waals surface area contributed by atoms with Crippen molar-refractivity contribution in [3.63, 3.8) is 0 Å². The van der Waals surface area contributed by atoms with Gasteiger partial charge in [0.05, 0.1) is 18.1 Å². The molecular formula is C22H32N2O5S. The molecule has 3 aliphatic heterocycles. The number of hydrogen-bond acceptors (Lipinski definition) is 5. The third-order valence-corrected chi connectivity index (χ3v) is 8.20. The average molecular weight is 437 g/mol. The number of rotatable bonds is 4. The highest BCUT2D eigenvalue weighted by Crippen LogP contribution is 2.28. The molecule has 1 aromatic rings. The molecule has 3 atom stereocenters. The van der Waals surface area contributed by atoms with Gasteiger partial charge in [0.25, 0.3) is 5.91 Å². The number of carbonyl (C=O) groups excluding carboxylic acids is 1. The molecule has 0 radical (unpaired) electrons. The van der Waals surface area contributed by atoms with Gasteiger partial charge in [-0.1, -0.05) is 13.8 Å². The first kappa shape index (κ1) is 21.7. The van der Waals surface area contributed by atoms with E-state index in [0.29, 0.717) is 56.8 Å². The van der Waals surface area contributed by atoms with Gasteiger partial charge < -0.3 is 14.4 Å². The standard InChI is InChI=1S/C22H32N2O5S/c1-16-12-17(2)14-24(13-16)30(26,27)20-7-5-18(6-8-20)21(25)23-9-3-4-19(15-23)22-28-10-11-29-22/h5-8,16-17,19,22H,3-4,9-15H2,1-2H3. The minimum Gasteiger partial charge on any atom is -0.350 e. The van der Waals surface area contributed by atoms with Gasteiger partial charge in [0, 0.05) is 37.7 Å². The molecule has 4 rings (SSSR count). The van der Waals surface area contributed by atoms with Gasteiger partial charge in [0.1, 0.15) is 0 Å². The predicted octanol–water partition coefficient (Wildman–Crippen LogP) is 2.58. The summed E-state index contributed by atoms with van der Waals surface area (Å²) in [5.74, 6) is 0.822. The van der Waals surface area contributed by atoms with Gasteiger partial charge in [0.2, 0.25) is 10.0 Å². The number of benzene rings is 1. The van der Waals surface area contributed by atoms with Crippen LogP contribution in [0, 0.1) is 17.8 Å². The number of hydrogen-bond donors (Lipinski definition) is 0. The molecule has 3 fully saturated rings. The fourth-order valence-electron chi connectivity index (χ4n) is 4.97. The number of sulfonamides is 1. The van der Waals surface area contributed by atoms with E-state index in [4.69, 9.17) is 9.47 Å². The molecule has 30 heavy (non-hydrogen) atoms. The molecule has 0 bridgehead atoms. The summed E-state index contributed by atoms with van der Waals surface area (Å²) in [6, 6.07) is 6.41. The summed E-state index contributed by atoms with van der Waals surface area (Å²) >= 11 is 0. The second-order valence-electron chi connectivity index (χ2n) is 9.06. The van der Waals surface area contributed by atoms with E-state index in [9.17, 15) is 13.2 Å². The summed E-state index contributed by atoms with van der Waals surface area (Å²) in [6.45, 7) is 7.81. The molecule has 7 nitrogen and oxygen atoms in total. The highest BCUT2D eigenvalue weighted by Gasteiger charge is 2.34. The largest absolute Gasteiger partial charge is 0.350 e. The summed E-state index contributed by atoms with van der Waals surface area (Å²) in [6.07, 6.45) is 2.73. The Hall–Kier alpha value is -1.48. The van der Waals surface area contributed by atoms with Crippen LogP contribution in [0.4, 0.5) is 0 Å². The van der Waals surface area contributed by atoms with Crippen LogP contribution in [-0.4, -0.2) is 69.2 Å². The average Bonchev–Trinajstić information content (AvgIpc) is 3.28. The number of ether oxygens (including phenoxy) is 2. The SMILES string of the molecule is CC1CC(C)CN(S(=O)(=O)c2ccc(C(=O)N3CCCC(C4OCCO4)C3)cc2)C1. The number of piperidine rings is 2. The topological polar surface area (TPSA) is 76.2 Å². The lowest BCUT2D eigenvalue weighted by Gasteiger charge is -2.35. The van der Waals surface area contributed by atoms with Crippen LogP contribution in [0.3, 0.4) is 0 Å². The van der Waals surface area contributed by atoms with Crippen LogP contribution in [-0.2, 0) is 19.5 Å². The van der Waals surface area contributed by atoms with Gasteiger partial charge in [-0.2, -0.15) is 4.31 Å². The molecule has 0 aliphatic carbocycles. The Kier molecular flexibility index (Phi) is 6.48. The molecule has 3 heterocycles. The van der Waals surface area contributed by atoms with E-state index in [1.54, 1.807) is 28.6 Å². The maximum atomic E-state index is 13.1. The zero-order valence-corrected chi connectivity index (χ0v) is 18.6. The molecule has 166 valence electrons. The van der Waals surface area contributed by atoms with Crippen molar-refractivity contribution in [2.45, 2.75) is 44.3 Å². The molecule has 8 heteroatoms. The van der Waals surface area contributed by atoms with E-state index in [-0.39, 0.29) is 23.0 Å². The Morgan fingerprint density at radius 2 is 1.63 bits per heavy atom. The zero-order valence-electron chi connectivity index (χ0n) is 17.8. The molecule has 1 aromatic carbocycles. The van der Waals surface area contributed by atoms with Gasteiger partial charge in [0.15, 0.2) is 6.29 Å². The smallest absolute Gasteiger partial charge is 0.253 e. The monoisotopic (exact) mass is 436 g/mol. The fraction of sp³-hybridized carbons (Fsp3) is 0.682. The molecular weight excluding hydrogens is 404 g/mol. The summed E-state index contributed by atoms with van der Waals surface area (Å²) in [4.78, 5) is 15.1. The quantitative estimate of drug-likeness (QED) is 0.725. The Balaban J connectivity index is 1.44. The van der Waals surface area contributed by atoms with Crippen LogP contribution >= 0.6 is 0 Å². The van der Waals surface area contributed by atoms with Crippen molar-refractivity contribution in [1.29, 1.82) is 0 Å². The van der Waals surface area contributed by atoms with Crippen LogP contribution in [0.25, 0.3) is 0 Å². The molecule has 0 aromatic heterocycles. The van der Waals surface area contributed by atoms with E-state index in [1.165, 1.54) is 0 Å². The van der Waals surface area contributed by atoms with Gasteiger partial charge in [-0.3, -0.25) is 4.79 Å². The molecule has 3 aliphatic rings. The van der Waals surface area contributed by atoms with Crippen molar-refractivity contribution >= 4 is 15.9 Å². The Morgan fingerprint density at radius 3 is 2.27 bits per heavy atom. The van der Waals surface area contributed by atoms with Gasteiger partial charge >= 0.3 is 0 Å². The normalized spacial score (nSPS) is 29.3. The molecule has 3 unspecified atom stereocenters. The number of carbonyl (C=O) groups is 1. The number of nitrogens with zero attached hydrogens (tertiary/aromatic N) is 2. The van der Waals surface area contributed by atoms with Crippen LogP contribution in [0.5, 0.6) is 0 Å². The minimum absolute atomic E-state index is 0.0677. The minimum atomic E-state index is -3.54. The first-order chi connectivity index (χ1) is 14.3. The lowest BCUT2D eigenvalue weighted by atomic mass is 9.94. The van der Waals surface area contributed by atoms with E-state index in [0.717, 1.165) is 19.3 Å². The van der Waals surface area contributed by atoms with E-state index < -0.39 is 10.0 Å². The van der Waals surface area contributed by atoms with Gasteiger partial charge in [-0.05, 0) is 55.4 Å². The highest BCUT2D eigenvalue weighted by atomic mass is 32.2. The summed E-state index contributed by atoms with van der Waals surface area (Å²) < 4.78 is 38.9. The van der Waals surface area contributed by atoms with Gasteiger partial charge in [-0.25, -0.2) is 8.42 Å². The van der Waals surface area contributed by atoms with Crippen molar-refractivity contribution in [3.8, 4) is 0 Å². The van der Waals surface area contributed by atoms with Crippen molar-refractivity contribution in [3.05, 3.63) is 29.8 Å². The zero-order chi connectivity index (χ0) is 21.3. The molecule has 1 amide bonds. The molecule has 3 saturated heterocycles. The van der Waals surface area contributed by atoms with Crippen molar-refractivity contribution in [2.75, 3.05) is 39.4 Å². The fourth-order valence-corrected chi connectivity index (χ4v) is 6.65. The predicted molar refractivity (Wildman–Crippen MR) is 112 cm³/mol. The molecule has 0 N–H and O–H groups in total. The summed E-state index contributed by atoms with van der Waals surface area (Å²) in [7, 11) is -3.54. The van der Waals surface area contributed by atoms with Crippen molar-refractivity contribution in [2.24, 2.45) is 17.8 Å². The first-order valence-corrected chi connectivity index (χ1v) is 12.4. The maximum Gasteiger partial charge on any atom is 0.253 e. The highest BCUT2D eigenvalue weighted by molar-refractivity contribution is 7.89. The Bertz CT molecular complexity index is 841. The van der Waals surface area contributed by atoms with E-state index in [1.807, 2.05) is 4.90 Å². The maximum absolute atomic E-state index is 13.1. The lowest BCUT2D eigenvalue weighted by Crippen LogP contribution is -2.44. The first-order valence-electron chi connectivity index (χ1n) is 11.0. The van der Waals surface area contributed by atoms with Crippen LogP contribution in [0.1, 0.15) is 43.5 Å². The second kappa shape index (κ2) is 8.94. The van der Waals surface area contributed by atoms with Crippen LogP contribution < -0.4 is 0 Å². The summed E-state index contributed by atoms with van der Waals surface area (Å²) in [5, 5.41) is 0. The van der Waals surface area contributed by atoms with Crippen LogP contribution in [0.15, 0.2) is 29.2 Å². The van der Waals surface area contributed by atoms with E-state index >= 15 is 0 Å². The molecule has 0 spiro atoms. The second-order valence-corrected chi connectivity index (χ2v) is 11.0. The lowest BCUT2D eigenvalue weighted by molar-refractivity contribution is -0.0969. The van der Waals surface area contributed by atoms with Crippen molar-refractivity contribution < 1.29 is 22.7 Å². The Labute approximate surface area is 179 Å². The van der Waals surface area contributed by atoms with Crippen molar-refractivity contribution in [1.82, 2.24) is 9.21 Å². The number of amides is 1. The third kappa shape index (κ3) is 4.56. The Morgan fingerprint density at radius 1 is 1.00 bits per heavy atom. The van der Waals surface area contributed by atoms with Gasteiger partial charge in [-0.15, -0.1) is 0 Å².